The third kappa shape index (κ3) is 2.10. The van der Waals surface area contributed by atoms with Crippen LogP contribution in [0.4, 0.5) is 10.2 Å². The summed E-state index contributed by atoms with van der Waals surface area (Å²) in [5.74, 6) is 0.738. The van der Waals surface area contributed by atoms with E-state index in [-0.39, 0.29) is 5.82 Å². The number of nitrogens with two attached hydrogens (primary N) is 1. The number of nitrogen functional groups attached to an aromatic ring is 1. The molecule has 2 N–H and O–H groups in total. The minimum atomic E-state index is -0.300. The molecule has 3 rings (SSSR count). The van der Waals surface area contributed by atoms with Crippen molar-refractivity contribution in [1.82, 2.24) is 14.5 Å². The van der Waals surface area contributed by atoms with E-state index in [0.29, 0.717) is 23.0 Å². The topological polar surface area (TPSA) is 56.7 Å². The van der Waals surface area contributed by atoms with Crippen LogP contribution in [-0.4, -0.2) is 14.5 Å². The van der Waals surface area contributed by atoms with Crippen molar-refractivity contribution in [2.24, 2.45) is 0 Å². The summed E-state index contributed by atoms with van der Waals surface area (Å²) in [6.07, 6.45) is 0. The molecule has 0 atom stereocenters. The van der Waals surface area contributed by atoms with Crippen molar-refractivity contribution in [3.8, 4) is 5.69 Å². The summed E-state index contributed by atoms with van der Waals surface area (Å²) in [6.45, 7) is 5.72. The van der Waals surface area contributed by atoms with Gasteiger partial charge < -0.3 is 5.73 Å². The Morgan fingerprint density at radius 1 is 1.19 bits per heavy atom. The molecule has 2 heterocycles. The molecule has 0 aliphatic carbocycles. The predicted octanol–water partition coefficient (Wildman–Crippen LogP) is 3.83. The van der Waals surface area contributed by atoms with E-state index in [4.69, 9.17) is 5.73 Å². The molecule has 0 spiro atoms. The summed E-state index contributed by atoms with van der Waals surface area (Å²) in [4.78, 5) is 8.71. The van der Waals surface area contributed by atoms with Crippen LogP contribution in [0.2, 0.25) is 0 Å². The lowest BCUT2D eigenvalue weighted by Crippen LogP contribution is -2.02. The Labute approximate surface area is 129 Å². The summed E-state index contributed by atoms with van der Waals surface area (Å²) >= 11 is 3.47. The van der Waals surface area contributed by atoms with E-state index < -0.39 is 0 Å². The van der Waals surface area contributed by atoms with E-state index in [2.05, 4.69) is 25.9 Å². The number of halogens is 2. The highest BCUT2D eigenvalue weighted by molar-refractivity contribution is 9.10. The molecule has 2 aromatic heterocycles. The number of hydrogen-bond acceptors (Lipinski definition) is 3. The first-order valence-corrected chi connectivity index (χ1v) is 7.26. The minimum Gasteiger partial charge on any atom is -0.383 e. The smallest absolute Gasteiger partial charge is 0.150 e. The van der Waals surface area contributed by atoms with Crippen LogP contribution in [0, 0.1) is 26.6 Å². The monoisotopic (exact) mass is 348 g/mol. The Hall–Kier alpha value is -1.95. The molecular weight excluding hydrogens is 335 g/mol. The van der Waals surface area contributed by atoms with Gasteiger partial charge in [0.25, 0.3) is 0 Å². The van der Waals surface area contributed by atoms with Crippen molar-refractivity contribution in [2.45, 2.75) is 20.8 Å². The van der Waals surface area contributed by atoms with Gasteiger partial charge in [-0.05, 0) is 60.5 Å². The summed E-state index contributed by atoms with van der Waals surface area (Å²) < 4.78 is 16.3. The molecule has 1 aromatic carbocycles. The Balaban J connectivity index is 2.48. The number of anilines is 1. The van der Waals surface area contributed by atoms with Crippen LogP contribution in [0.3, 0.4) is 0 Å². The SMILES string of the molecule is Cc1nc(N)c2c(C)c(C)n(-c3cc(F)ccc3Br)c2n1. The van der Waals surface area contributed by atoms with Crippen LogP contribution in [0.1, 0.15) is 17.1 Å². The van der Waals surface area contributed by atoms with Gasteiger partial charge in [0.2, 0.25) is 0 Å². The highest BCUT2D eigenvalue weighted by Crippen LogP contribution is 2.33. The van der Waals surface area contributed by atoms with Crippen molar-refractivity contribution in [1.29, 1.82) is 0 Å². The lowest BCUT2D eigenvalue weighted by Gasteiger charge is -2.10. The number of hydrogen-bond donors (Lipinski definition) is 1. The molecule has 0 saturated heterocycles. The van der Waals surface area contributed by atoms with E-state index in [1.807, 2.05) is 18.4 Å². The van der Waals surface area contributed by atoms with E-state index in [9.17, 15) is 4.39 Å². The predicted molar refractivity (Wildman–Crippen MR) is 85.1 cm³/mol. The lowest BCUT2D eigenvalue weighted by molar-refractivity contribution is 0.626. The fourth-order valence-corrected chi connectivity index (χ4v) is 2.98. The molecule has 0 unspecified atom stereocenters. The number of aromatic nitrogens is 3. The van der Waals surface area contributed by atoms with Crippen LogP contribution in [0.25, 0.3) is 16.7 Å². The Morgan fingerprint density at radius 2 is 1.90 bits per heavy atom. The summed E-state index contributed by atoms with van der Waals surface area (Å²) in [6, 6.07) is 4.57. The molecule has 21 heavy (non-hydrogen) atoms. The second-order valence-electron chi connectivity index (χ2n) is 5.00. The summed E-state index contributed by atoms with van der Waals surface area (Å²) in [5.41, 5.74) is 9.39. The average molecular weight is 349 g/mol. The molecule has 6 heteroatoms. The fraction of sp³-hybridized carbons (Fsp3) is 0.200. The molecule has 4 nitrogen and oxygen atoms in total. The van der Waals surface area contributed by atoms with Gasteiger partial charge in [0.1, 0.15) is 17.5 Å². The molecule has 0 fully saturated rings. The molecule has 0 aliphatic heterocycles. The largest absolute Gasteiger partial charge is 0.383 e. The maximum atomic E-state index is 13.6. The van der Waals surface area contributed by atoms with E-state index in [1.165, 1.54) is 12.1 Å². The maximum Gasteiger partial charge on any atom is 0.150 e. The first kappa shape index (κ1) is 14.0. The van der Waals surface area contributed by atoms with Crippen LogP contribution in [-0.2, 0) is 0 Å². The summed E-state index contributed by atoms with van der Waals surface area (Å²) in [7, 11) is 0. The van der Waals surface area contributed by atoms with Gasteiger partial charge in [0, 0.05) is 10.2 Å². The average Bonchev–Trinajstić information content (AvgIpc) is 2.65. The normalized spacial score (nSPS) is 11.3. The lowest BCUT2D eigenvalue weighted by atomic mass is 10.2. The molecule has 0 aliphatic rings. The number of aryl methyl sites for hydroxylation is 2. The number of fused-ring (bicyclic) bond motifs is 1. The number of rotatable bonds is 1. The van der Waals surface area contributed by atoms with Gasteiger partial charge in [-0.15, -0.1) is 0 Å². The zero-order valence-corrected chi connectivity index (χ0v) is 13.5. The first-order valence-electron chi connectivity index (χ1n) is 6.47. The molecule has 0 radical (unpaired) electrons. The second kappa shape index (κ2) is 4.80. The highest BCUT2D eigenvalue weighted by atomic mass is 79.9. The molecular formula is C15H14BrFN4. The van der Waals surface area contributed by atoms with Gasteiger partial charge in [-0.25, -0.2) is 14.4 Å². The van der Waals surface area contributed by atoms with E-state index in [1.54, 1.807) is 13.0 Å². The minimum absolute atomic E-state index is 0.300. The van der Waals surface area contributed by atoms with Crippen molar-refractivity contribution >= 4 is 32.8 Å². The fourth-order valence-electron chi connectivity index (χ4n) is 2.56. The van der Waals surface area contributed by atoms with Crippen molar-refractivity contribution in [3.63, 3.8) is 0 Å². The van der Waals surface area contributed by atoms with E-state index in [0.717, 1.165) is 21.1 Å². The van der Waals surface area contributed by atoms with Crippen LogP contribution >= 0.6 is 15.9 Å². The van der Waals surface area contributed by atoms with Gasteiger partial charge in [-0.3, -0.25) is 4.57 Å². The zero-order valence-electron chi connectivity index (χ0n) is 11.9. The third-order valence-corrected chi connectivity index (χ3v) is 4.31. The van der Waals surface area contributed by atoms with Gasteiger partial charge in [0.05, 0.1) is 11.1 Å². The van der Waals surface area contributed by atoms with Crippen molar-refractivity contribution < 1.29 is 4.39 Å². The van der Waals surface area contributed by atoms with Crippen molar-refractivity contribution in [2.75, 3.05) is 5.73 Å². The highest BCUT2D eigenvalue weighted by Gasteiger charge is 2.19. The van der Waals surface area contributed by atoms with Crippen LogP contribution in [0.5, 0.6) is 0 Å². The Kier molecular flexibility index (Phi) is 3.20. The third-order valence-electron chi connectivity index (χ3n) is 3.64. The molecule has 0 bridgehead atoms. The van der Waals surface area contributed by atoms with Crippen molar-refractivity contribution in [3.05, 3.63) is 45.6 Å². The Morgan fingerprint density at radius 3 is 2.62 bits per heavy atom. The number of nitrogens with zero attached hydrogens (tertiary/aromatic N) is 3. The van der Waals surface area contributed by atoms with Gasteiger partial charge in [-0.2, -0.15) is 0 Å². The summed E-state index contributed by atoms with van der Waals surface area (Å²) in [5, 5.41) is 0.814. The molecule has 3 aromatic rings. The molecule has 0 amide bonds. The molecule has 108 valence electrons. The van der Waals surface area contributed by atoms with Crippen LogP contribution < -0.4 is 5.73 Å². The Bertz CT molecular complexity index is 870. The standard InChI is InChI=1S/C15H14BrFN4/c1-7-8(2)21(12-6-10(17)4-5-11(12)16)15-13(7)14(18)19-9(3)20-15/h4-6H,1-3H3,(H2,18,19,20). The quantitative estimate of drug-likeness (QED) is 0.726. The second-order valence-corrected chi connectivity index (χ2v) is 5.85. The zero-order chi connectivity index (χ0) is 15.3. The van der Waals surface area contributed by atoms with Crippen LogP contribution in [0.15, 0.2) is 22.7 Å². The van der Waals surface area contributed by atoms with Gasteiger partial charge in [0.15, 0.2) is 5.65 Å². The first-order chi connectivity index (χ1) is 9.90. The van der Waals surface area contributed by atoms with Gasteiger partial charge in [-0.1, -0.05) is 0 Å². The van der Waals surface area contributed by atoms with E-state index >= 15 is 0 Å². The number of benzene rings is 1. The van der Waals surface area contributed by atoms with Gasteiger partial charge >= 0.3 is 0 Å². The molecule has 0 saturated carbocycles. The maximum absolute atomic E-state index is 13.6.